The summed E-state index contributed by atoms with van der Waals surface area (Å²) in [6.07, 6.45) is 6.52. The number of hydrogen-bond donors (Lipinski definition) is 0. The molecule has 0 unspecified atom stereocenters. The zero-order valence-electron chi connectivity index (χ0n) is 16.3. The van der Waals surface area contributed by atoms with Crippen molar-refractivity contribution in [2.24, 2.45) is 0 Å². The van der Waals surface area contributed by atoms with E-state index >= 15 is 0 Å². The van der Waals surface area contributed by atoms with Crippen molar-refractivity contribution in [2.45, 2.75) is 61.3 Å². The summed E-state index contributed by atoms with van der Waals surface area (Å²) in [5.74, 6) is 0.528. The number of benzene rings is 2. The average Bonchev–Trinajstić information content (AvgIpc) is 2.62. The summed E-state index contributed by atoms with van der Waals surface area (Å²) in [4.78, 5) is 0. The normalized spacial score (nSPS) is 11.1. The first-order valence-corrected chi connectivity index (χ1v) is 9.00. The van der Waals surface area contributed by atoms with Gasteiger partial charge in [-0.2, -0.15) is 0 Å². The van der Waals surface area contributed by atoms with E-state index in [1.54, 1.807) is 0 Å². The Morgan fingerprint density at radius 1 is 0.870 bits per heavy atom. The van der Waals surface area contributed by atoms with Crippen LogP contribution in [0.3, 0.4) is 0 Å². The smallest absolute Gasteiger partial charge is 0.00741 e. The first kappa shape index (κ1) is 21.2. The Kier molecular flexibility index (Phi) is 10.8. The fourth-order valence-corrected chi connectivity index (χ4v) is 2.60. The first-order chi connectivity index (χ1) is 11.2. The molecule has 0 saturated carbocycles. The molecular weight excluding hydrogens is 276 g/mol. The molecule has 0 aromatic heterocycles. The average molecular weight is 311 g/mol. The predicted octanol–water partition coefficient (Wildman–Crippen LogP) is 8.00. The van der Waals surface area contributed by atoms with E-state index in [1.165, 1.54) is 27.5 Å². The zero-order chi connectivity index (χ0) is 17.8. The van der Waals surface area contributed by atoms with Crippen LogP contribution < -0.4 is 0 Å². The summed E-state index contributed by atoms with van der Waals surface area (Å²) < 4.78 is 0. The molecule has 0 aliphatic carbocycles. The molecule has 0 spiro atoms. The Labute approximate surface area is 143 Å². The van der Waals surface area contributed by atoms with Gasteiger partial charge in [0.15, 0.2) is 0 Å². The quantitative estimate of drug-likeness (QED) is 0.504. The lowest BCUT2D eigenvalue weighted by atomic mass is 9.88. The molecule has 0 heterocycles. The molecule has 0 radical (unpaired) electrons. The Balaban J connectivity index is 0.00000112. The van der Waals surface area contributed by atoms with Gasteiger partial charge >= 0.3 is 0 Å². The number of rotatable bonds is 3. The molecule has 23 heavy (non-hydrogen) atoms. The molecule has 0 aliphatic heterocycles. The van der Waals surface area contributed by atoms with Gasteiger partial charge < -0.3 is 0 Å². The van der Waals surface area contributed by atoms with Crippen LogP contribution >= 0.6 is 0 Å². The minimum absolute atomic E-state index is 0.528. The standard InChI is InChI=1S/C19H22.2C2H6/c1-5-9-15(6-2)19-17(14(3)4)13-12-16-10-7-8-11-18(16)19;2*1-2/h5-14H,1-4H3;2*1-2H3/b9-5-,15-6+;;. The van der Waals surface area contributed by atoms with E-state index < -0.39 is 0 Å². The fraction of sp³-hybridized carbons (Fsp3) is 0.391. The van der Waals surface area contributed by atoms with Gasteiger partial charge in [0, 0.05) is 0 Å². The van der Waals surface area contributed by atoms with Gasteiger partial charge in [-0.25, -0.2) is 0 Å². The molecule has 0 N–H and O–H groups in total. The van der Waals surface area contributed by atoms with E-state index in [0.29, 0.717) is 5.92 Å². The van der Waals surface area contributed by atoms with Gasteiger partial charge in [-0.15, -0.1) is 0 Å². The number of hydrogen-bond acceptors (Lipinski definition) is 0. The minimum atomic E-state index is 0.528. The highest BCUT2D eigenvalue weighted by Gasteiger charge is 2.12. The fourth-order valence-electron chi connectivity index (χ4n) is 2.60. The van der Waals surface area contributed by atoms with Gasteiger partial charge in [-0.05, 0) is 47.2 Å². The Hall–Kier alpha value is -1.82. The van der Waals surface area contributed by atoms with Crippen LogP contribution in [0.25, 0.3) is 16.3 Å². The number of fused-ring (bicyclic) bond motifs is 1. The molecule has 0 saturated heterocycles. The summed E-state index contributed by atoms with van der Waals surface area (Å²) in [6, 6.07) is 13.1. The second-order valence-corrected chi connectivity index (χ2v) is 5.15. The van der Waals surface area contributed by atoms with E-state index in [-0.39, 0.29) is 0 Å². The molecule has 0 amide bonds. The molecule has 2 rings (SSSR count). The Bertz CT molecular complexity index is 628. The van der Waals surface area contributed by atoms with Crippen LogP contribution in [0, 0.1) is 0 Å². The van der Waals surface area contributed by atoms with Crippen LogP contribution in [0.4, 0.5) is 0 Å². The molecule has 2 aromatic carbocycles. The molecule has 0 bridgehead atoms. The molecule has 0 aliphatic rings. The summed E-state index contributed by atoms with van der Waals surface area (Å²) in [7, 11) is 0. The molecule has 0 fully saturated rings. The van der Waals surface area contributed by atoms with Crippen molar-refractivity contribution in [1.29, 1.82) is 0 Å². The number of allylic oxidation sites excluding steroid dienone is 4. The van der Waals surface area contributed by atoms with Crippen molar-refractivity contribution in [3.8, 4) is 0 Å². The van der Waals surface area contributed by atoms with Crippen molar-refractivity contribution in [3.63, 3.8) is 0 Å². The molecule has 0 nitrogen and oxygen atoms in total. The molecule has 0 heteroatoms. The van der Waals surface area contributed by atoms with Crippen LogP contribution in [0.2, 0.25) is 0 Å². The van der Waals surface area contributed by atoms with Crippen LogP contribution in [-0.4, -0.2) is 0 Å². The lowest BCUT2D eigenvalue weighted by molar-refractivity contribution is 0.865. The maximum absolute atomic E-state index is 2.27. The van der Waals surface area contributed by atoms with E-state index in [1.807, 2.05) is 27.7 Å². The summed E-state index contributed by atoms with van der Waals surface area (Å²) in [5.41, 5.74) is 4.11. The van der Waals surface area contributed by atoms with Gasteiger partial charge in [-0.1, -0.05) is 96.2 Å². The highest BCUT2D eigenvalue weighted by molar-refractivity contribution is 5.97. The Morgan fingerprint density at radius 2 is 1.48 bits per heavy atom. The third-order valence-corrected chi connectivity index (χ3v) is 3.53. The lowest BCUT2D eigenvalue weighted by Crippen LogP contribution is -1.96. The maximum Gasteiger partial charge on any atom is -0.00741 e. The van der Waals surface area contributed by atoms with Gasteiger partial charge in [0.2, 0.25) is 0 Å². The second-order valence-electron chi connectivity index (χ2n) is 5.15. The third kappa shape index (κ3) is 5.39. The maximum atomic E-state index is 2.27. The van der Waals surface area contributed by atoms with Crippen molar-refractivity contribution in [1.82, 2.24) is 0 Å². The molecule has 126 valence electrons. The highest BCUT2D eigenvalue weighted by atomic mass is 14.2. The topological polar surface area (TPSA) is 0 Å². The molecule has 0 atom stereocenters. The summed E-state index contributed by atoms with van der Waals surface area (Å²) in [6.45, 7) is 16.7. The van der Waals surface area contributed by atoms with Crippen molar-refractivity contribution in [2.75, 3.05) is 0 Å². The van der Waals surface area contributed by atoms with E-state index in [2.05, 4.69) is 82.3 Å². The van der Waals surface area contributed by atoms with Crippen LogP contribution in [0.5, 0.6) is 0 Å². The SMILES string of the molecule is C/C=C\C(=C/C)c1c(C(C)C)ccc2ccccc12.CC.CC. The third-order valence-electron chi connectivity index (χ3n) is 3.53. The summed E-state index contributed by atoms with van der Waals surface area (Å²) in [5, 5.41) is 2.66. The van der Waals surface area contributed by atoms with Crippen molar-refractivity contribution in [3.05, 3.63) is 65.8 Å². The van der Waals surface area contributed by atoms with E-state index in [9.17, 15) is 0 Å². The van der Waals surface area contributed by atoms with E-state index in [0.717, 1.165) is 0 Å². The van der Waals surface area contributed by atoms with Crippen LogP contribution in [-0.2, 0) is 0 Å². The predicted molar refractivity (Wildman–Crippen MR) is 109 cm³/mol. The van der Waals surface area contributed by atoms with Crippen molar-refractivity contribution >= 4 is 16.3 Å². The van der Waals surface area contributed by atoms with Gasteiger partial charge in [0.1, 0.15) is 0 Å². The molecular formula is C23H34. The largest absolute Gasteiger partial charge is 0.0871 e. The summed E-state index contributed by atoms with van der Waals surface area (Å²) >= 11 is 0. The highest BCUT2D eigenvalue weighted by Crippen LogP contribution is 2.33. The van der Waals surface area contributed by atoms with Crippen LogP contribution in [0.15, 0.2) is 54.6 Å². The van der Waals surface area contributed by atoms with E-state index in [4.69, 9.17) is 0 Å². The first-order valence-electron chi connectivity index (χ1n) is 9.00. The van der Waals surface area contributed by atoms with Gasteiger partial charge in [-0.3, -0.25) is 0 Å². The Morgan fingerprint density at radius 3 is 2.00 bits per heavy atom. The minimum Gasteiger partial charge on any atom is -0.0871 e. The monoisotopic (exact) mass is 310 g/mol. The van der Waals surface area contributed by atoms with Crippen molar-refractivity contribution < 1.29 is 0 Å². The second kappa shape index (κ2) is 11.7. The molecule has 2 aromatic rings. The lowest BCUT2D eigenvalue weighted by Gasteiger charge is -2.17. The van der Waals surface area contributed by atoms with Gasteiger partial charge in [0.05, 0.1) is 0 Å². The van der Waals surface area contributed by atoms with Gasteiger partial charge in [0.25, 0.3) is 0 Å². The zero-order valence-corrected chi connectivity index (χ0v) is 16.3. The van der Waals surface area contributed by atoms with Crippen LogP contribution in [0.1, 0.15) is 72.4 Å².